The fourth-order valence-electron chi connectivity index (χ4n) is 5.76. The Morgan fingerprint density at radius 3 is 1.47 bits per heavy atom. The van der Waals surface area contributed by atoms with Crippen molar-refractivity contribution in [2.45, 2.75) is 77.9 Å². The summed E-state index contributed by atoms with van der Waals surface area (Å²) in [5, 5.41) is 17.8. The molecule has 6 rings (SSSR count). The van der Waals surface area contributed by atoms with Crippen LogP contribution in [0.15, 0.2) is 24.5 Å². The molecular formula is C30H42N12O10S. The smallest absolute Gasteiger partial charge is 0.442 e. The van der Waals surface area contributed by atoms with Crippen molar-refractivity contribution in [3.8, 4) is 0 Å². The predicted molar refractivity (Wildman–Crippen MR) is 180 cm³/mol. The van der Waals surface area contributed by atoms with Crippen molar-refractivity contribution in [1.82, 2.24) is 59.7 Å². The average molecular weight is 763 g/mol. The fraction of sp³-hybridized carbons (Fsp3) is 0.600. The molecule has 2 atom stereocenters. The number of ether oxygens (including phenoxy) is 2. The number of carbonyl (C=O) groups is 4. The number of carbonyl (C=O) groups excluding carboxylic acids is 4. The summed E-state index contributed by atoms with van der Waals surface area (Å²) < 4.78 is 50.2. The van der Waals surface area contributed by atoms with Crippen molar-refractivity contribution in [3.05, 3.63) is 35.9 Å². The molecule has 6 heterocycles. The highest BCUT2D eigenvalue weighted by atomic mass is 32.3. The van der Waals surface area contributed by atoms with Crippen LogP contribution < -0.4 is 0 Å². The van der Waals surface area contributed by atoms with Crippen molar-refractivity contribution >= 4 is 46.0 Å². The van der Waals surface area contributed by atoms with E-state index in [1.807, 2.05) is 0 Å². The van der Waals surface area contributed by atoms with E-state index < -0.39 is 57.9 Å². The summed E-state index contributed by atoms with van der Waals surface area (Å²) in [5.41, 5.74) is 0.591. The second-order valence-corrected chi connectivity index (χ2v) is 16.1. The minimum Gasteiger partial charge on any atom is -0.444 e. The zero-order valence-electron chi connectivity index (χ0n) is 30.6. The first-order chi connectivity index (χ1) is 24.6. The molecule has 2 saturated heterocycles. The number of hydroxylamine groups is 4. The zero-order chi connectivity index (χ0) is 38.6. The molecule has 0 aliphatic carbocycles. The van der Waals surface area contributed by atoms with Gasteiger partial charge in [0.1, 0.15) is 34.7 Å². The summed E-state index contributed by atoms with van der Waals surface area (Å²) in [7, 11) is -1.86. The lowest BCUT2D eigenvalue weighted by atomic mass is 10.2. The van der Waals surface area contributed by atoms with E-state index in [9.17, 15) is 27.6 Å². The molecule has 4 bridgehead atoms. The van der Waals surface area contributed by atoms with Gasteiger partial charge in [-0.15, -0.1) is 18.8 Å². The van der Waals surface area contributed by atoms with E-state index in [1.165, 1.54) is 29.0 Å². The highest BCUT2D eigenvalue weighted by Gasteiger charge is 2.48. The van der Waals surface area contributed by atoms with Crippen LogP contribution in [0, 0.1) is 0 Å². The molecule has 2 aromatic rings. The molecule has 288 valence electrons. The molecule has 2 aromatic heterocycles. The number of urea groups is 2. The van der Waals surface area contributed by atoms with Crippen molar-refractivity contribution < 1.29 is 45.6 Å². The van der Waals surface area contributed by atoms with Crippen LogP contribution in [-0.4, -0.2) is 156 Å². The van der Waals surface area contributed by atoms with Gasteiger partial charge in [-0.2, -0.15) is 18.5 Å². The Labute approximate surface area is 305 Å². The molecule has 53 heavy (non-hydrogen) atoms. The van der Waals surface area contributed by atoms with Crippen molar-refractivity contribution in [2.75, 3.05) is 40.3 Å². The molecule has 0 N–H and O–H groups in total. The maximum absolute atomic E-state index is 13.2. The van der Waals surface area contributed by atoms with E-state index in [0.29, 0.717) is 32.9 Å². The van der Waals surface area contributed by atoms with Crippen molar-refractivity contribution in [2.24, 2.45) is 0 Å². The van der Waals surface area contributed by atoms with E-state index in [1.54, 1.807) is 80.2 Å². The number of amides is 6. The van der Waals surface area contributed by atoms with E-state index in [4.69, 9.17) is 18.0 Å². The molecule has 4 aliphatic heterocycles. The fourth-order valence-corrected chi connectivity index (χ4v) is 6.53. The van der Waals surface area contributed by atoms with Crippen LogP contribution in [0.5, 0.6) is 0 Å². The molecule has 0 radical (unpaired) electrons. The standard InChI is InChI=1S/C30H42N12O10S/c1-29(2,3)49-27(45)35(7)11-19-13-39(33-31-19)21-9-23-17-37(15-21)25(43)41(23)51-53(47,48)52-42-24-10-22(16-38(18-24)26(42)44)40-14-20(32-34-40)12-36(8)28(46)50-30(4,5)6/h9-10,13-14,23-24H,11-12,15-18H2,1-8H3. The number of rotatable bonds is 10. The third-order valence-corrected chi connectivity index (χ3v) is 8.72. The third kappa shape index (κ3) is 8.52. The Morgan fingerprint density at radius 1 is 0.736 bits per heavy atom. The van der Waals surface area contributed by atoms with Crippen LogP contribution in [-0.2, 0) is 41.5 Å². The van der Waals surface area contributed by atoms with E-state index in [0.717, 1.165) is 0 Å². The minimum atomic E-state index is -4.99. The first kappa shape index (κ1) is 37.5. The molecule has 4 aliphatic rings. The Hall–Kier alpha value is -5.29. The highest BCUT2D eigenvalue weighted by Crippen LogP contribution is 2.31. The van der Waals surface area contributed by atoms with Gasteiger partial charge in [0.15, 0.2) is 0 Å². The first-order valence-corrected chi connectivity index (χ1v) is 17.9. The molecular weight excluding hydrogens is 720 g/mol. The SMILES string of the molecule is CN(Cc1cn(C2=CC3CN(C2)C(=O)N3OS(=O)(=O)ON2C(=O)N3CC(n4cc(CN(C)C(=O)OC(C)(C)C)nn4)=CC2C3)nn1)C(=O)OC(C)(C)C. The molecule has 22 nitrogen and oxygen atoms in total. The van der Waals surface area contributed by atoms with E-state index >= 15 is 0 Å². The normalized spacial score (nSPS) is 20.2. The Bertz CT molecular complexity index is 1830. The second kappa shape index (κ2) is 13.6. The second-order valence-electron chi connectivity index (χ2n) is 15.0. The van der Waals surface area contributed by atoms with E-state index in [2.05, 4.69) is 20.6 Å². The average Bonchev–Trinajstić information content (AvgIpc) is 3.81. The van der Waals surface area contributed by atoms with Crippen molar-refractivity contribution in [3.63, 3.8) is 0 Å². The third-order valence-electron chi connectivity index (χ3n) is 8.03. The Balaban J connectivity index is 1.08. The van der Waals surface area contributed by atoms with Crippen LogP contribution >= 0.6 is 0 Å². The lowest BCUT2D eigenvalue weighted by molar-refractivity contribution is -0.0723. The topological polar surface area (TPSA) is 220 Å². The highest BCUT2D eigenvalue weighted by molar-refractivity contribution is 7.81. The van der Waals surface area contributed by atoms with Gasteiger partial charge in [-0.05, 0) is 53.7 Å². The van der Waals surface area contributed by atoms with Crippen LogP contribution in [0.3, 0.4) is 0 Å². The summed E-state index contributed by atoms with van der Waals surface area (Å²) in [4.78, 5) is 56.4. The monoisotopic (exact) mass is 762 g/mol. The number of hydrogen-bond acceptors (Lipinski definition) is 14. The number of aromatic nitrogens is 6. The first-order valence-electron chi connectivity index (χ1n) is 16.6. The van der Waals surface area contributed by atoms with Crippen molar-refractivity contribution in [1.29, 1.82) is 0 Å². The van der Waals surface area contributed by atoms with Gasteiger partial charge >= 0.3 is 34.6 Å². The van der Waals surface area contributed by atoms with Crippen LogP contribution in [0.4, 0.5) is 19.2 Å². The summed E-state index contributed by atoms with van der Waals surface area (Å²) in [5.74, 6) is 0. The largest absolute Gasteiger partial charge is 0.444 e. The summed E-state index contributed by atoms with van der Waals surface area (Å²) in [6, 6.07) is -3.17. The predicted octanol–water partition coefficient (Wildman–Crippen LogP) is 1.33. The van der Waals surface area contributed by atoms with Gasteiger partial charge in [0, 0.05) is 27.2 Å². The number of hydrogen-bond donors (Lipinski definition) is 0. The van der Waals surface area contributed by atoms with Gasteiger partial charge in [0.05, 0.1) is 50.0 Å². The quantitative estimate of drug-likeness (QED) is 0.334. The molecule has 2 unspecified atom stereocenters. The van der Waals surface area contributed by atoms with Gasteiger partial charge in [0.2, 0.25) is 0 Å². The molecule has 0 saturated carbocycles. The summed E-state index contributed by atoms with van der Waals surface area (Å²) >= 11 is 0. The van der Waals surface area contributed by atoms with Gasteiger partial charge in [0.25, 0.3) is 0 Å². The lowest BCUT2D eigenvalue weighted by Gasteiger charge is -2.24. The van der Waals surface area contributed by atoms with Crippen LogP contribution in [0.2, 0.25) is 0 Å². The lowest BCUT2D eigenvalue weighted by Crippen LogP contribution is -2.40. The zero-order valence-corrected chi connectivity index (χ0v) is 31.4. The minimum absolute atomic E-state index is 0.0668. The maximum Gasteiger partial charge on any atom is 0.442 e. The molecule has 0 aromatic carbocycles. The number of nitrogens with zero attached hydrogens (tertiary/aromatic N) is 12. The van der Waals surface area contributed by atoms with E-state index in [-0.39, 0.29) is 39.3 Å². The Morgan fingerprint density at radius 2 is 1.11 bits per heavy atom. The molecule has 0 spiro atoms. The number of fused-ring (bicyclic) bond motifs is 4. The van der Waals surface area contributed by atoms with Gasteiger partial charge < -0.3 is 29.1 Å². The van der Waals surface area contributed by atoms with Crippen LogP contribution in [0.25, 0.3) is 11.4 Å². The molecule has 2 fully saturated rings. The summed E-state index contributed by atoms with van der Waals surface area (Å²) in [6.45, 7) is 11.2. The van der Waals surface area contributed by atoms with Gasteiger partial charge in [-0.3, -0.25) is 0 Å². The maximum atomic E-state index is 13.2. The Kier molecular flexibility index (Phi) is 9.61. The summed E-state index contributed by atoms with van der Waals surface area (Å²) in [6.07, 6.45) is 5.33. The molecule has 6 amide bonds. The van der Waals surface area contributed by atoms with Gasteiger partial charge in [-0.25, -0.2) is 28.5 Å². The van der Waals surface area contributed by atoms with Gasteiger partial charge in [-0.1, -0.05) is 10.4 Å². The molecule has 23 heteroatoms. The van der Waals surface area contributed by atoms with Crippen LogP contribution in [0.1, 0.15) is 52.9 Å².